The van der Waals surface area contributed by atoms with Crippen LogP contribution >= 0.6 is 0 Å². The molecule has 0 spiro atoms. The zero-order valence-corrected chi connectivity index (χ0v) is 27.9. The van der Waals surface area contributed by atoms with E-state index in [1.807, 2.05) is 35.2 Å². The van der Waals surface area contributed by atoms with Crippen molar-refractivity contribution in [2.45, 2.75) is 65.2 Å². The molecule has 2 fully saturated rings. The van der Waals surface area contributed by atoms with Crippen LogP contribution in [0.15, 0.2) is 72.3 Å². The van der Waals surface area contributed by atoms with E-state index in [-0.39, 0.29) is 34.1 Å². The molecule has 1 aliphatic carbocycles. The summed E-state index contributed by atoms with van der Waals surface area (Å²) in [6.07, 6.45) is 8.51. The summed E-state index contributed by atoms with van der Waals surface area (Å²) < 4.78 is 0. The molecule has 3 heterocycles. The lowest BCUT2D eigenvalue weighted by molar-refractivity contribution is -0.146. The van der Waals surface area contributed by atoms with Gasteiger partial charge in [-0.3, -0.25) is 9.59 Å². The van der Waals surface area contributed by atoms with Crippen molar-refractivity contribution in [1.29, 1.82) is 0 Å². The topological polar surface area (TPSA) is 81.2 Å². The van der Waals surface area contributed by atoms with Crippen LogP contribution in [0.1, 0.15) is 81.3 Å². The van der Waals surface area contributed by atoms with Crippen LogP contribution in [0.3, 0.4) is 0 Å². The van der Waals surface area contributed by atoms with E-state index >= 15 is 0 Å². The highest BCUT2D eigenvalue weighted by Crippen LogP contribution is 2.55. The van der Waals surface area contributed by atoms with Crippen LogP contribution < -0.4 is 0 Å². The fourth-order valence-electron chi connectivity index (χ4n) is 8.91. The Bertz CT molecular complexity index is 1530. The molecular formula is C39H49N3O4. The molecule has 1 N–H and O–H groups in total. The third-order valence-electron chi connectivity index (χ3n) is 11.6. The molecule has 2 aromatic carbocycles. The maximum Gasteiger partial charge on any atom is 0.335 e. The van der Waals surface area contributed by atoms with Gasteiger partial charge in [0.1, 0.15) is 0 Å². The summed E-state index contributed by atoms with van der Waals surface area (Å²) in [5.41, 5.74) is 3.80. The molecule has 6 rings (SSSR count). The third-order valence-corrected chi connectivity index (χ3v) is 11.6. The van der Waals surface area contributed by atoms with E-state index in [0.717, 1.165) is 50.0 Å². The van der Waals surface area contributed by atoms with Crippen LogP contribution in [0.25, 0.3) is 5.57 Å². The number of aromatic carboxylic acids is 1. The van der Waals surface area contributed by atoms with Gasteiger partial charge in [-0.05, 0) is 80.6 Å². The summed E-state index contributed by atoms with van der Waals surface area (Å²) in [5, 5.41) is 9.36. The van der Waals surface area contributed by atoms with E-state index in [1.54, 1.807) is 12.1 Å². The van der Waals surface area contributed by atoms with E-state index in [1.165, 1.54) is 11.1 Å². The third kappa shape index (κ3) is 5.72. The van der Waals surface area contributed by atoms with E-state index in [0.29, 0.717) is 39.0 Å². The maximum atomic E-state index is 14.8. The van der Waals surface area contributed by atoms with Gasteiger partial charge in [0.25, 0.3) is 0 Å². The van der Waals surface area contributed by atoms with Gasteiger partial charge in [0, 0.05) is 42.9 Å². The zero-order valence-electron chi connectivity index (χ0n) is 27.9. The Morgan fingerprint density at radius 3 is 2.11 bits per heavy atom. The number of carboxylic acid groups (broad SMARTS) is 1. The molecule has 0 radical (unpaired) electrons. The van der Waals surface area contributed by atoms with Gasteiger partial charge in [-0.25, -0.2) is 4.79 Å². The van der Waals surface area contributed by atoms with Crippen molar-refractivity contribution in [2.75, 3.05) is 45.8 Å². The Labute approximate surface area is 273 Å². The monoisotopic (exact) mass is 623 g/mol. The Hall–Kier alpha value is -3.71. The Morgan fingerprint density at radius 1 is 0.848 bits per heavy atom. The number of benzene rings is 2. The van der Waals surface area contributed by atoms with Crippen LogP contribution in [0, 0.1) is 16.7 Å². The van der Waals surface area contributed by atoms with Gasteiger partial charge in [0.2, 0.25) is 11.8 Å². The number of fused-ring (bicyclic) bond motifs is 1. The molecule has 0 bridgehead atoms. The fraction of sp³-hybridized carbons (Fsp3) is 0.513. The highest BCUT2D eigenvalue weighted by molar-refractivity contribution is 5.90. The number of carbonyl (C=O) groups excluding carboxylic acids is 2. The normalized spacial score (nSPS) is 24.9. The number of nitrogens with zero attached hydrogens (tertiary/aromatic N) is 3. The molecule has 7 heteroatoms. The summed E-state index contributed by atoms with van der Waals surface area (Å²) in [6, 6.07) is 17.4. The highest BCUT2D eigenvalue weighted by atomic mass is 16.4. The number of amides is 2. The second kappa shape index (κ2) is 12.5. The van der Waals surface area contributed by atoms with Crippen LogP contribution in [0.5, 0.6) is 0 Å². The van der Waals surface area contributed by atoms with Gasteiger partial charge >= 0.3 is 5.97 Å². The first-order chi connectivity index (χ1) is 22.0. The second-order valence-electron chi connectivity index (χ2n) is 14.7. The average Bonchev–Trinajstić information content (AvgIpc) is 3.07. The molecule has 244 valence electrons. The molecule has 46 heavy (non-hydrogen) atoms. The number of carbonyl (C=O) groups is 3. The lowest BCUT2D eigenvalue weighted by Crippen LogP contribution is -2.58. The van der Waals surface area contributed by atoms with E-state index in [9.17, 15) is 19.5 Å². The van der Waals surface area contributed by atoms with E-state index in [4.69, 9.17) is 0 Å². The SMILES string of the molecule is CCN1CCC(C(=O)N2CCC(C(=O)N3CC=C4C(C)(C)C(c5ccc(C(=O)O)cc5)=CC[C@]4(C)C3)(c3ccccc3)CC2)CC1. The maximum absolute atomic E-state index is 14.8. The summed E-state index contributed by atoms with van der Waals surface area (Å²) in [4.78, 5) is 46.3. The Balaban J connectivity index is 1.21. The molecular weight excluding hydrogens is 574 g/mol. The molecule has 2 amide bonds. The van der Waals surface area contributed by atoms with Crippen molar-refractivity contribution < 1.29 is 19.5 Å². The van der Waals surface area contributed by atoms with Crippen molar-refractivity contribution in [3.05, 3.63) is 89.0 Å². The highest BCUT2D eigenvalue weighted by Gasteiger charge is 2.51. The smallest absolute Gasteiger partial charge is 0.335 e. The molecule has 0 saturated carbocycles. The van der Waals surface area contributed by atoms with Crippen LogP contribution in [0.2, 0.25) is 0 Å². The zero-order chi connectivity index (χ0) is 32.7. The molecule has 1 atom stereocenters. The van der Waals surface area contributed by atoms with Gasteiger partial charge in [-0.1, -0.05) is 87.9 Å². The van der Waals surface area contributed by atoms with Crippen molar-refractivity contribution >= 4 is 23.4 Å². The average molecular weight is 624 g/mol. The second-order valence-corrected chi connectivity index (χ2v) is 14.7. The predicted octanol–water partition coefficient (Wildman–Crippen LogP) is 6.27. The first-order valence-corrected chi connectivity index (χ1v) is 17.1. The minimum atomic E-state index is -0.922. The summed E-state index contributed by atoms with van der Waals surface area (Å²) in [7, 11) is 0. The number of likely N-dealkylation sites (tertiary alicyclic amines) is 2. The minimum absolute atomic E-state index is 0.0936. The van der Waals surface area contributed by atoms with Gasteiger partial charge < -0.3 is 19.8 Å². The Kier molecular flexibility index (Phi) is 8.75. The summed E-state index contributed by atoms with van der Waals surface area (Å²) in [5.74, 6) is -0.381. The fourth-order valence-corrected chi connectivity index (χ4v) is 8.91. The lowest BCUT2D eigenvalue weighted by atomic mass is 9.58. The molecule has 3 aliphatic heterocycles. The van der Waals surface area contributed by atoms with Crippen molar-refractivity contribution in [3.8, 4) is 0 Å². The summed E-state index contributed by atoms with van der Waals surface area (Å²) >= 11 is 0. The van der Waals surface area contributed by atoms with E-state index in [2.05, 4.69) is 61.8 Å². The largest absolute Gasteiger partial charge is 0.478 e. The van der Waals surface area contributed by atoms with Gasteiger partial charge in [0.05, 0.1) is 11.0 Å². The number of piperidine rings is 2. The number of hydrogen-bond donors (Lipinski definition) is 1. The van der Waals surface area contributed by atoms with Gasteiger partial charge in [-0.15, -0.1) is 0 Å². The minimum Gasteiger partial charge on any atom is -0.478 e. The lowest BCUT2D eigenvalue weighted by Gasteiger charge is -2.52. The quantitative estimate of drug-likeness (QED) is 0.384. The van der Waals surface area contributed by atoms with Crippen LogP contribution in [0.4, 0.5) is 0 Å². The Morgan fingerprint density at radius 2 is 1.50 bits per heavy atom. The summed E-state index contributed by atoms with van der Waals surface area (Å²) in [6.45, 7) is 14.4. The number of rotatable bonds is 6. The van der Waals surface area contributed by atoms with Crippen molar-refractivity contribution in [2.24, 2.45) is 16.7 Å². The van der Waals surface area contributed by atoms with Gasteiger partial charge in [0.15, 0.2) is 0 Å². The van der Waals surface area contributed by atoms with Crippen LogP contribution in [-0.4, -0.2) is 83.4 Å². The molecule has 7 nitrogen and oxygen atoms in total. The first kappa shape index (κ1) is 32.2. The van der Waals surface area contributed by atoms with E-state index < -0.39 is 11.4 Å². The standard InChI is InChI=1S/C39H49N3O4/c1-5-40-22-16-29(17-23-40)34(43)41-25-20-39(21-26-41,31-9-7-6-8-10-31)36(46)42-24-18-33-37(2,3)32(15-19-38(33,4)27-42)28-11-13-30(14-12-28)35(44)45/h6-15,18,29H,5,16-17,19-27H2,1-4H3,(H,44,45)/t38-/m1/s1. The molecule has 0 aromatic heterocycles. The molecule has 2 saturated heterocycles. The number of allylic oxidation sites excluding steroid dienone is 2. The van der Waals surface area contributed by atoms with Gasteiger partial charge in [-0.2, -0.15) is 0 Å². The molecule has 0 unspecified atom stereocenters. The van der Waals surface area contributed by atoms with Crippen molar-refractivity contribution in [3.63, 3.8) is 0 Å². The first-order valence-electron chi connectivity index (χ1n) is 17.1. The predicted molar refractivity (Wildman–Crippen MR) is 181 cm³/mol. The number of hydrogen-bond acceptors (Lipinski definition) is 4. The van der Waals surface area contributed by atoms with Crippen molar-refractivity contribution in [1.82, 2.24) is 14.7 Å². The molecule has 2 aromatic rings. The van der Waals surface area contributed by atoms with Crippen LogP contribution in [-0.2, 0) is 15.0 Å². The molecule has 4 aliphatic rings. The number of carboxylic acids is 1.